The number of rotatable bonds is 7. The summed E-state index contributed by atoms with van der Waals surface area (Å²) >= 11 is 1.64. The third-order valence-corrected chi connectivity index (χ3v) is 4.16. The number of hydrogen-bond donors (Lipinski definition) is 2. The van der Waals surface area contributed by atoms with E-state index in [2.05, 4.69) is 57.7 Å². The van der Waals surface area contributed by atoms with Crippen LogP contribution in [0, 0.1) is 0 Å². The Labute approximate surface area is 124 Å². The fraction of sp³-hybridized carbons (Fsp3) is 0.571. The van der Waals surface area contributed by atoms with Gasteiger partial charge in [0.05, 0.1) is 5.39 Å². The van der Waals surface area contributed by atoms with E-state index in [1.165, 1.54) is 0 Å². The summed E-state index contributed by atoms with van der Waals surface area (Å²) in [5.74, 6) is 1.58. The smallest absolute Gasteiger partial charge is 0.225 e. The summed E-state index contributed by atoms with van der Waals surface area (Å²) in [6, 6.07) is 2.42. The van der Waals surface area contributed by atoms with Crippen molar-refractivity contribution >= 4 is 33.3 Å². The van der Waals surface area contributed by atoms with Crippen molar-refractivity contribution in [3.63, 3.8) is 0 Å². The molecule has 0 bridgehead atoms. The van der Waals surface area contributed by atoms with E-state index in [4.69, 9.17) is 0 Å². The van der Waals surface area contributed by atoms with Crippen LogP contribution in [0.4, 0.5) is 11.8 Å². The van der Waals surface area contributed by atoms with Crippen molar-refractivity contribution in [2.45, 2.75) is 26.8 Å². The standard InChI is InChI=1S/C14H23N5S/c1-5-19(6-2)9-10(3)16-12-11-7-8-20-13(11)18-14(15-4)17-12/h7-8,10H,5-6,9H2,1-4H3,(H2,15,16,17,18). The molecule has 20 heavy (non-hydrogen) atoms. The van der Waals surface area contributed by atoms with Gasteiger partial charge in [0.1, 0.15) is 10.6 Å². The summed E-state index contributed by atoms with van der Waals surface area (Å²) in [6.07, 6.45) is 0. The number of aromatic nitrogens is 2. The molecular weight excluding hydrogens is 270 g/mol. The lowest BCUT2D eigenvalue weighted by Crippen LogP contribution is -2.35. The lowest BCUT2D eigenvalue weighted by molar-refractivity contribution is 0.294. The minimum absolute atomic E-state index is 0.345. The van der Waals surface area contributed by atoms with Crippen molar-refractivity contribution in [2.24, 2.45) is 0 Å². The molecule has 5 nitrogen and oxygen atoms in total. The highest BCUT2D eigenvalue weighted by molar-refractivity contribution is 7.16. The van der Waals surface area contributed by atoms with Gasteiger partial charge in [-0.3, -0.25) is 0 Å². The Hall–Kier alpha value is -1.40. The van der Waals surface area contributed by atoms with Gasteiger partial charge >= 0.3 is 0 Å². The molecule has 0 fully saturated rings. The third kappa shape index (κ3) is 3.37. The van der Waals surface area contributed by atoms with Gasteiger partial charge < -0.3 is 15.5 Å². The number of likely N-dealkylation sites (N-methyl/N-ethyl adjacent to an activating group) is 1. The van der Waals surface area contributed by atoms with Gasteiger partial charge in [-0.25, -0.2) is 4.98 Å². The normalized spacial score (nSPS) is 12.8. The summed E-state index contributed by atoms with van der Waals surface area (Å²) in [5, 5.41) is 9.69. The fourth-order valence-electron chi connectivity index (χ4n) is 2.23. The van der Waals surface area contributed by atoms with Crippen molar-refractivity contribution in [2.75, 3.05) is 37.3 Å². The third-order valence-electron chi connectivity index (χ3n) is 3.36. The van der Waals surface area contributed by atoms with Crippen LogP contribution in [0.2, 0.25) is 0 Å². The Morgan fingerprint density at radius 1 is 1.30 bits per heavy atom. The molecule has 6 heteroatoms. The summed E-state index contributed by atoms with van der Waals surface area (Å²) < 4.78 is 0. The zero-order valence-electron chi connectivity index (χ0n) is 12.6. The van der Waals surface area contributed by atoms with Crippen LogP contribution in [-0.4, -0.2) is 47.6 Å². The van der Waals surface area contributed by atoms with Gasteiger partial charge in [-0.2, -0.15) is 4.98 Å². The SMILES string of the molecule is CCN(CC)CC(C)Nc1nc(NC)nc2sccc12. The Balaban J connectivity index is 2.17. The van der Waals surface area contributed by atoms with Gasteiger partial charge in [-0.1, -0.05) is 13.8 Å². The van der Waals surface area contributed by atoms with Crippen LogP contribution in [0.1, 0.15) is 20.8 Å². The summed E-state index contributed by atoms with van der Waals surface area (Å²) in [7, 11) is 1.85. The predicted octanol–water partition coefficient (Wildman–Crippen LogP) is 2.88. The van der Waals surface area contributed by atoms with Crippen LogP contribution in [0.25, 0.3) is 10.2 Å². The van der Waals surface area contributed by atoms with Crippen molar-refractivity contribution < 1.29 is 0 Å². The zero-order valence-corrected chi connectivity index (χ0v) is 13.4. The molecule has 1 atom stereocenters. The maximum absolute atomic E-state index is 4.55. The van der Waals surface area contributed by atoms with Crippen molar-refractivity contribution in [3.05, 3.63) is 11.4 Å². The number of fused-ring (bicyclic) bond motifs is 1. The van der Waals surface area contributed by atoms with Crippen LogP contribution >= 0.6 is 11.3 Å². The van der Waals surface area contributed by atoms with E-state index in [0.29, 0.717) is 12.0 Å². The molecule has 0 aromatic carbocycles. The zero-order chi connectivity index (χ0) is 14.5. The Bertz CT molecular complexity index is 549. The maximum atomic E-state index is 4.55. The highest BCUT2D eigenvalue weighted by Crippen LogP contribution is 2.26. The second kappa shape index (κ2) is 6.85. The van der Waals surface area contributed by atoms with E-state index >= 15 is 0 Å². The summed E-state index contributed by atoms with van der Waals surface area (Å²) in [4.78, 5) is 12.4. The van der Waals surface area contributed by atoms with Crippen LogP contribution in [0.15, 0.2) is 11.4 Å². The molecule has 0 saturated carbocycles. The Morgan fingerprint density at radius 3 is 2.70 bits per heavy atom. The molecule has 0 amide bonds. The minimum atomic E-state index is 0.345. The molecule has 1 unspecified atom stereocenters. The Kier molecular flexibility index (Phi) is 5.14. The van der Waals surface area contributed by atoms with Gasteiger partial charge in [0.25, 0.3) is 0 Å². The maximum Gasteiger partial charge on any atom is 0.225 e. The number of anilines is 2. The monoisotopic (exact) mass is 293 g/mol. The van der Waals surface area contributed by atoms with Gasteiger partial charge in [-0.05, 0) is 31.5 Å². The summed E-state index contributed by atoms with van der Waals surface area (Å²) in [6.45, 7) is 9.73. The molecule has 0 aliphatic carbocycles. The second-order valence-corrected chi connectivity index (χ2v) is 5.71. The lowest BCUT2D eigenvalue weighted by atomic mass is 10.2. The molecule has 0 saturated heterocycles. The first-order chi connectivity index (χ1) is 9.67. The van der Waals surface area contributed by atoms with Crippen LogP contribution in [0.3, 0.4) is 0 Å². The van der Waals surface area contributed by atoms with E-state index in [1.807, 2.05) is 7.05 Å². The number of hydrogen-bond acceptors (Lipinski definition) is 6. The predicted molar refractivity (Wildman–Crippen MR) is 87.8 cm³/mol. The first-order valence-corrected chi connectivity index (χ1v) is 7.97. The van der Waals surface area contributed by atoms with Crippen LogP contribution in [-0.2, 0) is 0 Å². The number of nitrogens with one attached hydrogen (secondary N) is 2. The first-order valence-electron chi connectivity index (χ1n) is 7.09. The van der Waals surface area contributed by atoms with Crippen molar-refractivity contribution in [1.29, 1.82) is 0 Å². The fourth-order valence-corrected chi connectivity index (χ4v) is 2.99. The molecule has 0 radical (unpaired) electrons. The van der Waals surface area contributed by atoms with Gasteiger partial charge in [-0.15, -0.1) is 11.3 Å². The van der Waals surface area contributed by atoms with E-state index in [9.17, 15) is 0 Å². The Morgan fingerprint density at radius 2 is 2.05 bits per heavy atom. The largest absolute Gasteiger partial charge is 0.366 e. The van der Waals surface area contributed by atoms with Gasteiger partial charge in [0.15, 0.2) is 0 Å². The van der Waals surface area contributed by atoms with Crippen molar-refractivity contribution in [1.82, 2.24) is 14.9 Å². The van der Waals surface area contributed by atoms with Crippen molar-refractivity contribution in [3.8, 4) is 0 Å². The lowest BCUT2D eigenvalue weighted by Gasteiger charge is -2.24. The molecule has 2 aromatic rings. The highest BCUT2D eigenvalue weighted by atomic mass is 32.1. The number of nitrogens with zero attached hydrogens (tertiary/aromatic N) is 3. The van der Waals surface area contributed by atoms with E-state index < -0.39 is 0 Å². The molecule has 110 valence electrons. The average molecular weight is 293 g/mol. The first kappa shape index (κ1) is 15.0. The molecule has 2 aromatic heterocycles. The molecule has 0 spiro atoms. The molecule has 2 N–H and O–H groups in total. The second-order valence-electron chi connectivity index (χ2n) is 4.82. The molecule has 2 rings (SSSR count). The minimum Gasteiger partial charge on any atom is -0.366 e. The molecular formula is C14H23N5S. The van der Waals surface area contributed by atoms with Crippen LogP contribution in [0.5, 0.6) is 0 Å². The van der Waals surface area contributed by atoms with Crippen LogP contribution < -0.4 is 10.6 Å². The average Bonchev–Trinajstić information content (AvgIpc) is 2.93. The highest BCUT2D eigenvalue weighted by Gasteiger charge is 2.12. The van der Waals surface area contributed by atoms with Gasteiger partial charge in [0.2, 0.25) is 5.95 Å². The van der Waals surface area contributed by atoms with Gasteiger partial charge in [0, 0.05) is 19.6 Å². The molecule has 0 aliphatic rings. The quantitative estimate of drug-likeness (QED) is 0.822. The van der Waals surface area contributed by atoms with E-state index in [0.717, 1.165) is 35.7 Å². The van der Waals surface area contributed by atoms with E-state index in [-0.39, 0.29) is 0 Å². The number of thiophene rings is 1. The molecule has 0 aliphatic heterocycles. The molecule has 2 heterocycles. The summed E-state index contributed by atoms with van der Waals surface area (Å²) in [5.41, 5.74) is 0. The topological polar surface area (TPSA) is 53.1 Å². The van der Waals surface area contributed by atoms with E-state index in [1.54, 1.807) is 11.3 Å².